The molecule has 0 saturated carbocycles. The van der Waals surface area contributed by atoms with Crippen LogP contribution in [0.1, 0.15) is 44.6 Å². The first-order valence-electron chi connectivity index (χ1n) is 10.5. The number of hydrogen-bond acceptors (Lipinski definition) is 4. The van der Waals surface area contributed by atoms with Gasteiger partial charge in [-0.3, -0.25) is 4.79 Å². The quantitative estimate of drug-likeness (QED) is 0.592. The summed E-state index contributed by atoms with van der Waals surface area (Å²) in [6, 6.07) is 17.0. The molecule has 0 fully saturated rings. The lowest BCUT2D eigenvalue weighted by molar-refractivity contribution is -0.118. The Balaban J connectivity index is 1.84. The van der Waals surface area contributed by atoms with Crippen LogP contribution in [0.15, 0.2) is 76.5 Å². The first kappa shape index (κ1) is 20.5. The Labute approximate surface area is 188 Å². The number of anilines is 1. The smallest absolute Gasteiger partial charge is 0.177 e. The van der Waals surface area contributed by atoms with Crippen LogP contribution in [-0.2, 0) is 14.6 Å². The van der Waals surface area contributed by atoms with Gasteiger partial charge in [-0.1, -0.05) is 55.8 Å². The Hall–Kier alpha value is -2.37. The van der Waals surface area contributed by atoms with Crippen molar-refractivity contribution >= 4 is 32.9 Å². The summed E-state index contributed by atoms with van der Waals surface area (Å²) < 4.78 is 26.6. The molecule has 2 aromatic carbocycles. The third-order valence-corrected chi connectivity index (χ3v) is 8.53. The summed E-state index contributed by atoms with van der Waals surface area (Å²) in [4.78, 5) is 16.0. The molecule has 0 bridgehead atoms. The number of nitrogens with zero attached hydrogens (tertiary/aromatic N) is 1. The van der Waals surface area contributed by atoms with Gasteiger partial charge in [0.05, 0.1) is 16.6 Å². The first-order valence-corrected chi connectivity index (χ1v) is 12.5. The molecule has 6 heteroatoms. The van der Waals surface area contributed by atoms with Crippen LogP contribution in [0.25, 0.3) is 0 Å². The molecule has 1 aliphatic carbocycles. The highest BCUT2D eigenvalue weighted by atomic mass is 35.5. The largest absolute Gasteiger partial charge is 0.316 e. The van der Waals surface area contributed by atoms with E-state index in [0.29, 0.717) is 34.8 Å². The van der Waals surface area contributed by atoms with Crippen LogP contribution >= 0.6 is 11.6 Å². The molecule has 4 nitrogen and oxygen atoms in total. The molecule has 3 aliphatic rings. The van der Waals surface area contributed by atoms with Gasteiger partial charge in [0, 0.05) is 40.5 Å². The summed E-state index contributed by atoms with van der Waals surface area (Å²) >= 11 is 6.28. The van der Waals surface area contributed by atoms with Crippen molar-refractivity contribution in [3.63, 3.8) is 0 Å². The summed E-state index contributed by atoms with van der Waals surface area (Å²) in [7, 11) is -3.49. The second kappa shape index (κ2) is 7.07. The van der Waals surface area contributed by atoms with Gasteiger partial charge in [-0.2, -0.15) is 0 Å². The monoisotopic (exact) mass is 453 g/mol. The van der Waals surface area contributed by atoms with E-state index in [4.69, 9.17) is 11.6 Å². The minimum absolute atomic E-state index is 0.0193. The molecule has 5 rings (SSSR count). The highest BCUT2D eigenvalue weighted by Gasteiger charge is 2.50. The highest BCUT2D eigenvalue weighted by molar-refractivity contribution is 7.95. The number of sulfone groups is 1. The lowest BCUT2D eigenvalue weighted by Crippen LogP contribution is -2.39. The van der Waals surface area contributed by atoms with Gasteiger partial charge in [-0.05, 0) is 41.7 Å². The van der Waals surface area contributed by atoms with Gasteiger partial charge < -0.3 is 4.90 Å². The van der Waals surface area contributed by atoms with Crippen LogP contribution in [0.2, 0.25) is 5.02 Å². The third-order valence-electron chi connectivity index (χ3n) is 6.41. The SMILES string of the molecule is CC1(C)CC(=O)C2=C(C1)N(c1ccccc1)C1=C(C2c2cccc(Cl)c2)S(=O)(=O)CC1. The first-order chi connectivity index (χ1) is 14.7. The molecule has 0 spiro atoms. The van der Waals surface area contributed by atoms with Crippen LogP contribution in [0.4, 0.5) is 5.69 Å². The Bertz CT molecular complexity index is 1260. The van der Waals surface area contributed by atoms with Gasteiger partial charge in [0.15, 0.2) is 15.6 Å². The van der Waals surface area contributed by atoms with Crippen LogP contribution < -0.4 is 4.90 Å². The van der Waals surface area contributed by atoms with Gasteiger partial charge in [0.1, 0.15) is 0 Å². The minimum atomic E-state index is -3.49. The summed E-state index contributed by atoms with van der Waals surface area (Å²) in [5.74, 6) is -0.512. The number of para-hydroxylation sites is 1. The molecule has 0 N–H and O–H groups in total. The third kappa shape index (κ3) is 3.35. The second-order valence-electron chi connectivity index (χ2n) is 9.34. The molecular formula is C25H24ClNO3S. The minimum Gasteiger partial charge on any atom is -0.316 e. The van der Waals surface area contributed by atoms with Crippen LogP contribution in [0, 0.1) is 5.41 Å². The van der Waals surface area contributed by atoms with E-state index in [1.807, 2.05) is 42.5 Å². The van der Waals surface area contributed by atoms with Crippen molar-refractivity contribution in [2.45, 2.75) is 39.0 Å². The molecule has 1 atom stereocenters. The number of rotatable bonds is 2. The molecule has 0 amide bonds. The predicted molar refractivity (Wildman–Crippen MR) is 124 cm³/mol. The molecule has 0 radical (unpaired) electrons. The lowest BCUT2D eigenvalue weighted by Gasteiger charge is -2.44. The van der Waals surface area contributed by atoms with E-state index in [1.165, 1.54) is 0 Å². The van der Waals surface area contributed by atoms with Gasteiger partial charge in [0.2, 0.25) is 0 Å². The van der Waals surface area contributed by atoms with Gasteiger partial charge in [-0.25, -0.2) is 8.42 Å². The van der Waals surface area contributed by atoms with E-state index in [0.717, 1.165) is 22.6 Å². The average Bonchev–Trinajstić information content (AvgIpc) is 3.01. The zero-order valence-corrected chi connectivity index (χ0v) is 19.1. The van der Waals surface area contributed by atoms with Gasteiger partial charge in [-0.15, -0.1) is 0 Å². The molecule has 160 valence electrons. The Kier molecular flexibility index (Phi) is 4.68. The molecule has 2 heterocycles. The van der Waals surface area contributed by atoms with E-state index < -0.39 is 15.8 Å². The number of hydrogen-bond donors (Lipinski definition) is 0. The number of allylic oxidation sites excluding steroid dienone is 4. The Morgan fingerprint density at radius 1 is 1.00 bits per heavy atom. The number of carbonyl (C=O) groups excluding carboxylic acids is 1. The zero-order valence-electron chi connectivity index (χ0n) is 17.6. The maximum atomic E-state index is 13.6. The van der Waals surface area contributed by atoms with E-state index in [-0.39, 0.29) is 17.0 Å². The lowest BCUT2D eigenvalue weighted by atomic mass is 9.70. The number of benzene rings is 2. The highest BCUT2D eigenvalue weighted by Crippen LogP contribution is 2.54. The summed E-state index contributed by atoms with van der Waals surface area (Å²) in [6.45, 7) is 4.20. The Morgan fingerprint density at radius 3 is 2.45 bits per heavy atom. The van der Waals surface area contributed by atoms with Crippen molar-refractivity contribution in [3.8, 4) is 0 Å². The van der Waals surface area contributed by atoms with Crippen molar-refractivity contribution in [2.24, 2.45) is 5.41 Å². The molecular weight excluding hydrogens is 430 g/mol. The maximum Gasteiger partial charge on any atom is 0.177 e. The second-order valence-corrected chi connectivity index (χ2v) is 11.9. The molecule has 2 aliphatic heterocycles. The van der Waals surface area contributed by atoms with Crippen molar-refractivity contribution < 1.29 is 13.2 Å². The standard InChI is InChI=1S/C25H24ClNO3S/c1-25(2)14-20-23(21(28)15-25)22(16-7-6-8-17(26)13-16)24-19(11-12-31(24,29)30)27(20)18-9-4-3-5-10-18/h3-10,13,22H,11-12,14-15H2,1-2H3. The van der Waals surface area contributed by atoms with Crippen molar-refractivity contribution in [1.82, 2.24) is 0 Å². The Morgan fingerprint density at radius 2 is 1.74 bits per heavy atom. The van der Waals surface area contributed by atoms with Crippen molar-refractivity contribution in [3.05, 3.63) is 87.1 Å². The van der Waals surface area contributed by atoms with Crippen LogP contribution in [0.5, 0.6) is 0 Å². The molecule has 1 unspecified atom stereocenters. The number of ketones is 1. The molecule has 0 saturated heterocycles. The van der Waals surface area contributed by atoms with E-state index in [9.17, 15) is 13.2 Å². The van der Waals surface area contributed by atoms with E-state index in [1.54, 1.807) is 12.1 Å². The summed E-state index contributed by atoms with van der Waals surface area (Å²) in [6.07, 6.45) is 1.54. The normalized spacial score (nSPS) is 24.3. The fraction of sp³-hybridized carbons (Fsp3) is 0.320. The number of halogens is 1. The fourth-order valence-corrected chi connectivity index (χ4v) is 7.27. The fourth-order valence-electron chi connectivity index (χ4n) is 5.23. The predicted octanol–water partition coefficient (Wildman–Crippen LogP) is 5.62. The number of Topliss-reactive ketones (excluding diaryl/α,β-unsaturated/α-hetero) is 1. The molecule has 0 aromatic heterocycles. The van der Waals surface area contributed by atoms with E-state index in [2.05, 4.69) is 18.7 Å². The van der Waals surface area contributed by atoms with Crippen LogP contribution in [-0.4, -0.2) is 20.0 Å². The van der Waals surface area contributed by atoms with Gasteiger partial charge >= 0.3 is 0 Å². The number of carbonyl (C=O) groups is 1. The topological polar surface area (TPSA) is 54.5 Å². The molecule has 31 heavy (non-hydrogen) atoms. The van der Waals surface area contributed by atoms with Crippen molar-refractivity contribution in [2.75, 3.05) is 10.7 Å². The van der Waals surface area contributed by atoms with E-state index >= 15 is 0 Å². The van der Waals surface area contributed by atoms with Gasteiger partial charge in [0.25, 0.3) is 0 Å². The zero-order chi connectivity index (χ0) is 22.0. The summed E-state index contributed by atoms with van der Waals surface area (Å²) in [5.41, 5.74) is 3.79. The van der Waals surface area contributed by atoms with Crippen molar-refractivity contribution in [1.29, 1.82) is 0 Å². The maximum absolute atomic E-state index is 13.6. The summed E-state index contributed by atoms with van der Waals surface area (Å²) in [5, 5.41) is 0.534. The van der Waals surface area contributed by atoms with Crippen LogP contribution in [0.3, 0.4) is 0 Å². The molecule has 2 aromatic rings. The average molecular weight is 454 g/mol.